The molecule has 1 rings (SSSR count). The summed E-state index contributed by atoms with van der Waals surface area (Å²) >= 11 is 2.36. The van der Waals surface area contributed by atoms with Crippen LogP contribution in [0.3, 0.4) is 0 Å². The number of benzene rings is 1. The molecule has 0 spiro atoms. The summed E-state index contributed by atoms with van der Waals surface area (Å²) in [4.78, 5) is 0. The van der Waals surface area contributed by atoms with E-state index in [9.17, 15) is 0 Å². The third-order valence-corrected chi connectivity index (χ3v) is 3.41. The Kier molecular flexibility index (Phi) is 6.38. The minimum absolute atomic E-state index is 0.565. The number of methoxy groups -OCH3 is 4. The molecule has 0 radical (unpaired) electrons. The first-order valence-corrected chi connectivity index (χ1v) is 7.17. The molecule has 0 N–H and O–H groups in total. The lowest BCUT2D eigenvalue weighted by Crippen LogP contribution is -2.01. The quantitative estimate of drug-likeness (QED) is 0.549. The van der Waals surface area contributed by atoms with E-state index in [0.29, 0.717) is 17.2 Å². The SMILES string of the molecule is COc1cc(CCCI)c(OC)c(OC)c1OC. The van der Waals surface area contributed by atoms with Gasteiger partial charge in [-0.1, -0.05) is 22.6 Å². The first-order valence-electron chi connectivity index (χ1n) is 5.65. The van der Waals surface area contributed by atoms with Gasteiger partial charge in [0.15, 0.2) is 11.5 Å². The second kappa shape index (κ2) is 7.56. The Morgan fingerprint density at radius 2 is 1.50 bits per heavy atom. The van der Waals surface area contributed by atoms with Gasteiger partial charge in [0.2, 0.25) is 11.5 Å². The Morgan fingerprint density at radius 1 is 0.889 bits per heavy atom. The summed E-state index contributed by atoms with van der Waals surface area (Å²) < 4.78 is 22.6. The van der Waals surface area contributed by atoms with E-state index < -0.39 is 0 Å². The standard InChI is InChI=1S/C13H19IO4/c1-15-10-8-9(6-5-7-14)11(16-2)13(18-4)12(10)17-3/h8H,5-7H2,1-4H3. The number of ether oxygens (including phenoxy) is 4. The molecule has 102 valence electrons. The highest BCUT2D eigenvalue weighted by Gasteiger charge is 2.20. The lowest BCUT2D eigenvalue weighted by atomic mass is 10.1. The molecule has 0 unspecified atom stereocenters. The van der Waals surface area contributed by atoms with Crippen LogP contribution in [-0.2, 0) is 6.42 Å². The van der Waals surface area contributed by atoms with E-state index in [1.165, 1.54) is 0 Å². The van der Waals surface area contributed by atoms with E-state index in [-0.39, 0.29) is 0 Å². The fourth-order valence-electron chi connectivity index (χ4n) is 1.85. The van der Waals surface area contributed by atoms with Gasteiger partial charge < -0.3 is 18.9 Å². The highest BCUT2D eigenvalue weighted by molar-refractivity contribution is 14.1. The van der Waals surface area contributed by atoms with Gasteiger partial charge in [0.05, 0.1) is 28.4 Å². The molecule has 5 heteroatoms. The van der Waals surface area contributed by atoms with Gasteiger partial charge in [0.25, 0.3) is 0 Å². The lowest BCUT2D eigenvalue weighted by Gasteiger charge is -2.18. The molecule has 0 saturated carbocycles. The first-order chi connectivity index (χ1) is 8.73. The Balaban J connectivity index is 3.33. The molecule has 0 heterocycles. The number of hydrogen-bond donors (Lipinski definition) is 0. The summed E-state index contributed by atoms with van der Waals surface area (Å²) in [6.45, 7) is 0. The number of alkyl halides is 1. The molecule has 1 aromatic carbocycles. The third kappa shape index (κ3) is 3.13. The van der Waals surface area contributed by atoms with Crippen molar-refractivity contribution in [3.63, 3.8) is 0 Å². The van der Waals surface area contributed by atoms with Gasteiger partial charge in [-0.25, -0.2) is 0 Å². The summed E-state index contributed by atoms with van der Waals surface area (Å²) in [5, 5.41) is 0. The average Bonchev–Trinajstić information content (AvgIpc) is 2.42. The second-order valence-electron chi connectivity index (χ2n) is 3.63. The number of rotatable bonds is 7. The van der Waals surface area contributed by atoms with Crippen LogP contribution in [-0.4, -0.2) is 32.9 Å². The van der Waals surface area contributed by atoms with Crippen LogP contribution in [0.2, 0.25) is 0 Å². The molecular formula is C13H19IO4. The van der Waals surface area contributed by atoms with Crippen molar-refractivity contribution in [1.82, 2.24) is 0 Å². The average molecular weight is 366 g/mol. The summed E-state index contributed by atoms with van der Waals surface area (Å²) in [6.07, 6.45) is 2.00. The highest BCUT2D eigenvalue weighted by Crippen LogP contribution is 2.46. The Morgan fingerprint density at radius 3 is 1.94 bits per heavy atom. The van der Waals surface area contributed by atoms with Crippen LogP contribution in [0.5, 0.6) is 23.0 Å². The molecule has 0 aliphatic carbocycles. The molecule has 0 aliphatic heterocycles. The van der Waals surface area contributed by atoms with Crippen LogP contribution in [0, 0.1) is 0 Å². The molecule has 0 fully saturated rings. The van der Waals surface area contributed by atoms with E-state index in [0.717, 1.165) is 28.6 Å². The highest BCUT2D eigenvalue weighted by atomic mass is 127. The van der Waals surface area contributed by atoms with E-state index in [4.69, 9.17) is 18.9 Å². The molecular weight excluding hydrogens is 347 g/mol. The fourth-order valence-corrected chi connectivity index (χ4v) is 2.23. The maximum Gasteiger partial charge on any atom is 0.207 e. The first kappa shape index (κ1) is 15.2. The van der Waals surface area contributed by atoms with E-state index in [2.05, 4.69) is 22.6 Å². The fraction of sp³-hybridized carbons (Fsp3) is 0.538. The van der Waals surface area contributed by atoms with Crippen LogP contribution < -0.4 is 18.9 Å². The maximum absolute atomic E-state index is 5.44. The van der Waals surface area contributed by atoms with Crippen molar-refractivity contribution in [2.45, 2.75) is 12.8 Å². The van der Waals surface area contributed by atoms with Crippen LogP contribution in [0.4, 0.5) is 0 Å². The zero-order chi connectivity index (χ0) is 13.5. The van der Waals surface area contributed by atoms with Crippen LogP contribution >= 0.6 is 22.6 Å². The van der Waals surface area contributed by atoms with Crippen LogP contribution in [0.1, 0.15) is 12.0 Å². The Hall–Kier alpha value is -0.850. The van der Waals surface area contributed by atoms with Crippen molar-refractivity contribution in [3.05, 3.63) is 11.6 Å². The van der Waals surface area contributed by atoms with E-state index in [1.807, 2.05) is 6.07 Å². The zero-order valence-corrected chi connectivity index (χ0v) is 13.4. The Labute approximate surface area is 122 Å². The van der Waals surface area contributed by atoms with E-state index in [1.54, 1.807) is 28.4 Å². The van der Waals surface area contributed by atoms with Crippen LogP contribution in [0.25, 0.3) is 0 Å². The molecule has 18 heavy (non-hydrogen) atoms. The smallest absolute Gasteiger partial charge is 0.207 e. The lowest BCUT2D eigenvalue weighted by molar-refractivity contribution is 0.303. The molecule has 0 saturated heterocycles. The van der Waals surface area contributed by atoms with Gasteiger partial charge in [-0.2, -0.15) is 0 Å². The molecule has 4 nitrogen and oxygen atoms in total. The zero-order valence-electron chi connectivity index (χ0n) is 11.2. The topological polar surface area (TPSA) is 36.9 Å². The number of aryl methyl sites for hydroxylation is 1. The molecule has 0 bridgehead atoms. The van der Waals surface area contributed by atoms with Crippen molar-refractivity contribution in [1.29, 1.82) is 0 Å². The summed E-state index contributed by atoms with van der Waals surface area (Å²) in [6, 6.07) is 1.95. The third-order valence-electron chi connectivity index (χ3n) is 2.65. The van der Waals surface area contributed by atoms with Crippen molar-refractivity contribution in [2.75, 3.05) is 32.9 Å². The maximum atomic E-state index is 5.44. The number of hydrogen-bond acceptors (Lipinski definition) is 4. The molecule has 0 aliphatic rings. The molecule has 0 amide bonds. The van der Waals surface area contributed by atoms with Crippen molar-refractivity contribution < 1.29 is 18.9 Å². The predicted molar refractivity (Wildman–Crippen MR) is 79.9 cm³/mol. The number of halogens is 1. The van der Waals surface area contributed by atoms with Gasteiger partial charge >= 0.3 is 0 Å². The van der Waals surface area contributed by atoms with Crippen molar-refractivity contribution >= 4 is 22.6 Å². The van der Waals surface area contributed by atoms with Crippen molar-refractivity contribution in [3.8, 4) is 23.0 Å². The molecule has 0 aromatic heterocycles. The van der Waals surface area contributed by atoms with E-state index >= 15 is 0 Å². The van der Waals surface area contributed by atoms with Gasteiger partial charge in [-0.05, 0) is 23.3 Å². The molecule has 1 aromatic rings. The normalized spacial score (nSPS) is 10.1. The van der Waals surface area contributed by atoms with Crippen molar-refractivity contribution in [2.24, 2.45) is 0 Å². The minimum atomic E-state index is 0.565. The summed E-state index contributed by atoms with van der Waals surface area (Å²) in [5.41, 5.74) is 1.07. The largest absolute Gasteiger partial charge is 0.493 e. The minimum Gasteiger partial charge on any atom is -0.493 e. The summed E-state index contributed by atoms with van der Waals surface area (Å²) in [7, 11) is 6.44. The monoisotopic (exact) mass is 366 g/mol. The van der Waals surface area contributed by atoms with Crippen LogP contribution in [0.15, 0.2) is 6.07 Å². The summed E-state index contributed by atoms with van der Waals surface area (Å²) in [5.74, 6) is 2.54. The molecule has 0 atom stereocenters. The predicted octanol–water partition coefficient (Wildman–Crippen LogP) is 3.09. The van der Waals surface area contributed by atoms with Gasteiger partial charge in [-0.15, -0.1) is 0 Å². The second-order valence-corrected chi connectivity index (χ2v) is 4.71. The Bertz CT molecular complexity index is 393. The van der Waals surface area contributed by atoms with Gasteiger partial charge in [-0.3, -0.25) is 0 Å². The van der Waals surface area contributed by atoms with Gasteiger partial charge in [0.1, 0.15) is 0 Å². The van der Waals surface area contributed by atoms with Gasteiger partial charge in [0, 0.05) is 5.56 Å².